The van der Waals surface area contributed by atoms with Crippen molar-refractivity contribution < 1.29 is 17.6 Å². The zero-order chi connectivity index (χ0) is 16.7. The van der Waals surface area contributed by atoms with E-state index >= 15 is 0 Å². The Morgan fingerprint density at radius 3 is 2.65 bits per heavy atom. The van der Waals surface area contributed by atoms with Crippen LogP contribution < -0.4 is 4.74 Å². The van der Waals surface area contributed by atoms with Gasteiger partial charge >= 0.3 is 0 Å². The van der Waals surface area contributed by atoms with Crippen LogP contribution in [-0.4, -0.2) is 26.3 Å². The highest BCUT2D eigenvalue weighted by Crippen LogP contribution is 2.22. The molecule has 122 valence electrons. The molecule has 0 saturated carbocycles. The molecule has 0 amide bonds. The fraction of sp³-hybridized carbons (Fsp3) is 0.375. The third-order valence-electron chi connectivity index (χ3n) is 3.25. The van der Waals surface area contributed by atoms with Gasteiger partial charge in [-0.1, -0.05) is 0 Å². The van der Waals surface area contributed by atoms with Crippen molar-refractivity contribution in [3.05, 3.63) is 36.2 Å². The first kappa shape index (κ1) is 17.0. The molecule has 0 aliphatic rings. The first-order valence-electron chi connectivity index (χ1n) is 7.20. The Kier molecular flexibility index (Phi) is 5.77. The van der Waals surface area contributed by atoms with Gasteiger partial charge in [-0.25, -0.2) is 13.4 Å². The second kappa shape index (κ2) is 7.79. The number of hydrogen-bond acceptors (Lipinski definition) is 6. The maximum Gasteiger partial charge on any atom is 0.226 e. The Morgan fingerprint density at radius 2 is 2.00 bits per heavy atom. The normalized spacial score (nSPS) is 11.1. The minimum atomic E-state index is -3.25. The van der Waals surface area contributed by atoms with Crippen LogP contribution in [0.1, 0.15) is 25.0 Å². The van der Waals surface area contributed by atoms with Gasteiger partial charge in [-0.2, -0.15) is 5.26 Å². The summed E-state index contributed by atoms with van der Waals surface area (Å²) in [5.41, 5.74) is 1.14. The number of aromatic nitrogens is 1. The van der Waals surface area contributed by atoms with Gasteiger partial charge in [0.1, 0.15) is 12.0 Å². The SMILES string of the molecule is COc1ccc(-c2nc(CS(=O)(=O)CCCCC#N)co2)cc1. The van der Waals surface area contributed by atoms with Crippen molar-refractivity contribution in [3.8, 4) is 23.3 Å². The van der Waals surface area contributed by atoms with Gasteiger partial charge in [0.15, 0.2) is 9.84 Å². The summed E-state index contributed by atoms with van der Waals surface area (Å²) in [6.45, 7) is 0. The largest absolute Gasteiger partial charge is 0.497 e. The lowest BCUT2D eigenvalue weighted by molar-refractivity contribution is 0.415. The third-order valence-corrected chi connectivity index (χ3v) is 4.90. The van der Waals surface area contributed by atoms with E-state index in [2.05, 4.69) is 4.98 Å². The van der Waals surface area contributed by atoms with E-state index in [0.29, 0.717) is 30.8 Å². The van der Waals surface area contributed by atoms with Gasteiger partial charge in [-0.05, 0) is 37.1 Å². The molecule has 0 aliphatic heterocycles. The lowest BCUT2D eigenvalue weighted by atomic mass is 10.2. The lowest BCUT2D eigenvalue weighted by Gasteiger charge is -2.01. The number of sulfone groups is 1. The standard InChI is InChI=1S/C16H18N2O4S/c1-21-15-7-5-13(6-8-15)16-18-14(11-22-16)12-23(19,20)10-4-2-3-9-17/h5-8,11H,2-4,10,12H2,1H3. The van der Waals surface area contributed by atoms with E-state index in [0.717, 1.165) is 11.3 Å². The summed E-state index contributed by atoms with van der Waals surface area (Å²) in [6.07, 6.45) is 2.82. The number of rotatable bonds is 8. The molecule has 1 aromatic heterocycles. The van der Waals surface area contributed by atoms with Crippen molar-refractivity contribution in [1.82, 2.24) is 4.98 Å². The minimum absolute atomic E-state index is 0.0550. The molecule has 23 heavy (non-hydrogen) atoms. The predicted molar refractivity (Wildman–Crippen MR) is 85.4 cm³/mol. The van der Waals surface area contributed by atoms with Crippen LogP contribution in [0.25, 0.3) is 11.5 Å². The Balaban J connectivity index is 2.00. The minimum Gasteiger partial charge on any atom is -0.497 e. The maximum absolute atomic E-state index is 12.0. The molecule has 7 heteroatoms. The number of unbranched alkanes of at least 4 members (excludes halogenated alkanes) is 2. The molecule has 2 aromatic rings. The van der Waals surface area contributed by atoms with Gasteiger partial charge in [0, 0.05) is 12.0 Å². The van der Waals surface area contributed by atoms with E-state index in [4.69, 9.17) is 14.4 Å². The fourth-order valence-corrected chi connectivity index (χ4v) is 3.43. The molecule has 0 unspecified atom stereocenters. The third kappa shape index (κ3) is 5.11. The molecule has 0 aliphatic carbocycles. The summed E-state index contributed by atoms with van der Waals surface area (Å²) in [5, 5.41) is 8.45. The summed E-state index contributed by atoms with van der Waals surface area (Å²) in [7, 11) is -1.66. The highest BCUT2D eigenvalue weighted by Gasteiger charge is 2.15. The molecule has 2 rings (SSSR count). The summed E-state index contributed by atoms with van der Waals surface area (Å²) >= 11 is 0. The van der Waals surface area contributed by atoms with E-state index in [1.807, 2.05) is 6.07 Å². The quantitative estimate of drug-likeness (QED) is 0.689. The van der Waals surface area contributed by atoms with Crippen LogP contribution in [0.3, 0.4) is 0 Å². The van der Waals surface area contributed by atoms with E-state index in [1.165, 1.54) is 6.26 Å². The molecule has 0 saturated heterocycles. The zero-order valence-corrected chi connectivity index (χ0v) is 13.7. The fourth-order valence-electron chi connectivity index (χ4n) is 2.06. The van der Waals surface area contributed by atoms with Gasteiger partial charge < -0.3 is 9.15 Å². The predicted octanol–water partition coefficient (Wildman–Crippen LogP) is 2.96. The van der Waals surface area contributed by atoms with E-state index in [-0.39, 0.29) is 11.5 Å². The topological polar surface area (TPSA) is 93.2 Å². The monoisotopic (exact) mass is 334 g/mol. The molecule has 6 nitrogen and oxygen atoms in total. The van der Waals surface area contributed by atoms with Crippen molar-refractivity contribution in [3.63, 3.8) is 0 Å². The second-order valence-corrected chi connectivity index (χ2v) is 7.26. The summed E-state index contributed by atoms with van der Waals surface area (Å²) < 4.78 is 34.5. The van der Waals surface area contributed by atoms with Gasteiger partial charge in [-0.15, -0.1) is 0 Å². The van der Waals surface area contributed by atoms with Crippen LogP contribution in [0.15, 0.2) is 34.9 Å². The van der Waals surface area contributed by atoms with Crippen LogP contribution in [0.5, 0.6) is 5.75 Å². The van der Waals surface area contributed by atoms with Crippen molar-refractivity contribution >= 4 is 9.84 Å². The van der Waals surface area contributed by atoms with Gasteiger partial charge in [0.25, 0.3) is 0 Å². The first-order chi connectivity index (χ1) is 11.0. The van der Waals surface area contributed by atoms with E-state index in [1.54, 1.807) is 31.4 Å². The molecule has 0 N–H and O–H groups in total. The Morgan fingerprint density at radius 1 is 1.26 bits per heavy atom. The van der Waals surface area contributed by atoms with Crippen LogP contribution >= 0.6 is 0 Å². The summed E-state index contributed by atoms with van der Waals surface area (Å²) in [4.78, 5) is 4.23. The number of nitriles is 1. The molecule has 1 heterocycles. The molecular formula is C16H18N2O4S. The number of methoxy groups -OCH3 is 1. The number of oxazole rings is 1. The van der Waals surface area contributed by atoms with Gasteiger partial charge in [0.2, 0.25) is 5.89 Å². The lowest BCUT2D eigenvalue weighted by Crippen LogP contribution is -2.09. The number of benzene rings is 1. The first-order valence-corrected chi connectivity index (χ1v) is 9.02. The summed E-state index contributed by atoms with van der Waals surface area (Å²) in [5.74, 6) is 1.00. The van der Waals surface area contributed by atoms with Crippen LogP contribution in [0.4, 0.5) is 0 Å². The number of hydrogen-bond donors (Lipinski definition) is 0. The Hall–Kier alpha value is -2.33. The van der Waals surface area contributed by atoms with Crippen LogP contribution in [0, 0.1) is 11.3 Å². The number of ether oxygens (including phenoxy) is 1. The molecule has 1 aromatic carbocycles. The molecule has 0 bridgehead atoms. The summed E-state index contributed by atoms with van der Waals surface area (Å²) in [6, 6.07) is 9.16. The number of nitrogens with zero attached hydrogens (tertiary/aromatic N) is 2. The molecule has 0 spiro atoms. The van der Waals surface area contributed by atoms with Crippen molar-refractivity contribution in [1.29, 1.82) is 5.26 Å². The van der Waals surface area contributed by atoms with E-state index < -0.39 is 9.84 Å². The maximum atomic E-state index is 12.0. The molecule has 0 radical (unpaired) electrons. The second-order valence-electron chi connectivity index (χ2n) is 5.08. The van der Waals surface area contributed by atoms with Gasteiger partial charge in [0.05, 0.1) is 30.4 Å². The Labute approximate surface area is 135 Å². The average molecular weight is 334 g/mol. The molecule has 0 fully saturated rings. The molecular weight excluding hydrogens is 316 g/mol. The highest BCUT2D eigenvalue weighted by molar-refractivity contribution is 7.90. The smallest absolute Gasteiger partial charge is 0.226 e. The van der Waals surface area contributed by atoms with E-state index in [9.17, 15) is 8.42 Å². The average Bonchev–Trinajstić information content (AvgIpc) is 2.99. The van der Waals surface area contributed by atoms with Crippen molar-refractivity contribution in [2.24, 2.45) is 0 Å². The highest BCUT2D eigenvalue weighted by atomic mass is 32.2. The van der Waals surface area contributed by atoms with Crippen LogP contribution in [0.2, 0.25) is 0 Å². The van der Waals surface area contributed by atoms with Crippen molar-refractivity contribution in [2.45, 2.75) is 25.0 Å². The Bertz CT molecular complexity index is 773. The van der Waals surface area contributed by atoms with Gasteiger partial charge in [-0.3, -0.25) is 0 Å². The van der Waals surface area contributed by atoms with Crippen molar-refractivity contribution in [2.75, 3.05) is 12.9 Å². The zero-order valence-electron chi connectivity index (χ0n) is 12.9. The molecule has 0 atom stereocenters. The van der Waals surface area contributed by atoms with Crippen LogP contribution in [-0.2, 0) is 15.6 Å².